The summed E-state index contributed by atoms with van der Waals surface area (Å²) in [6.45, 7) is 6.24. The van der Waals surface area contributed by atoms with Crippen molar-refractivity contribution < 1.29 is 4.79 Å². The highest BCUT2D eigenvalue weighted by Crippen LogP contribution is 2.17. The highest BCUT2D eigenvalue weighted by Gasteiger charge is 2.08. The third kappa shape index (κ3) is 3.31. The molecule has 1 nitrogen and oxygen atoms in total. The first kappa shape index (κ1) is 13.5. The molecule has 0 aliphatic heterocycles. The number of ketones is 1. The Morgan fingerprint density at radius 1 is 0.947 bits per heavy atom. The molecular formula is C18H20O. The Bertz CT molecular complexity index is 576. The predicted octanol–water partition coefficient (Wildman–Crippen LogP) is 4.43. The van der Waals surface area contributed by atoms with Crippen LogP contribution in [-0.4, -0.2) is 5.78 Å². The first-order valence-corrected chi connectivity index (χ1v) is 6.73. The molecule has 0 heterocycles. The summed E-state index contributed by atoms with van der Waals surface area (Å²) < 4.78 is 0. The number of hydrogen-bond donors (Lipinski definition) is 0. The van der Waals surface area contributed by atoms with E-state index in [4.69, 9.17) is 0 Å². The van der Waals surface area contributed by atoms with Crippen molar-refractivity contribution in [2.24, 2.45) is 0 Å². The Hall–Kier alpha value is -1.89. The molecule has 0 fully saturated rings. The molecule has 0 bridgehead atoms. The third-order valence-corrected chi connectivity index (χ3v) is 3.59. The van der Waals surface area contributed by atoms with E-state index in [9.17, 15) is 4.79 Å². The van der Waals surface area contributed by atoms with E-state index < -0.39 is 0 Å². The van der Waals surface area contributed by atoms with E-state index in [1.807, 2.05) is 31.2 Å². The smallest absolute Gasteiger partial charge is 0.163 e. The molecule has 0 aliphatic rings. The normalized spacial score (nSPS) is 10.5. The number of carbonyl (C=O) groups is 1. The number of carbonyl (C=O) groups excluding carboxylic acids is 1. The number of aryl methyl sites for hydroxylation is 3. The fraction of sp³-hybridized carbons (Fsp3) is 0.278. The summed E-state index contributed by atoms with van der Waals surface area (Å²) in [5.41, 5.74) is 5.82. The van der Waals surface area contributed by atoms with Gasteiger partial charge < -0.3 is 0 Å². The molecule has 2 aromatic carbocycles. The maximum Gasteiger partial charge on any atom is 0.163 e. The van der Waals surface area contributed by atoms with Gasteiger partial charge >= 0.3 is 0 Å². The van der Waals surface area contributed by atoms with Crippen LogP contribution in [0, 0.1) is 20.8 Å². The minimum absolute atomic E-state index is 0.228. The Labute approximate surface area is 115 Å². The van der Waals surface area contributed by atoms with Crippen molar-refractivity contribution in [1.29, 1.82) is 0 Å². The summed E-state index contributed by atoms with van der Waals surface area (Å²) in [7, 11) is 0. The lowest BCUT2D eigenvalue weighted by molar-refractivity contribution is 0.0982. The van der Waals surface area contributed by atoms with Gasteiger partial charge in [0.2, 0.25) is 0 Å². The molecule has 0 amide bonds. The minimum Gasteiger partial charge on any atom is -0.294 e. The Kier molecular flexibility index (Phi) is 4.16. The molecule has 0 radical (unpaired) electrons. The third-order valence-electron chi connectivity index (χ3n) is 3.59. The van der Waals surface area contributed by atoms with Crippen LogP contribution in [0.15, 0.2) is 42.5 Å². The first-order chi connectivity index (χ1) is 9.08. The van der Waals surface area contributed by atoms with E-state index in [2.05, 4.69) is 32.0 Å². The Balaban J connectivity index is 2.09. The maximum absolute atomic E-state index is 12.2. The second-order valence-corrected chi connectivity index (χ2v) is 5.16. The van der Waals surface area contributed by atoms with Crippen LogP contribution in [0.2, 0.25) is 0 Å². The number of hydrogen-bond acceptors (Lipinski definition) is 1. The molecule has 0 aromatic heterocycles. The SMILES string of the molecule is Cc1cccc(C(=O)CCc2c(C)cccc2C)c1. The second kappa shape index (κ2) is 5.83. The van der Waals surface area contributed by atoms with Crippen molar-refractivity contribution >= 4 is 5.78 Å². The van der Waals surface area contributed by atoms with Gasteiger partial charge in [0, 0.05) is 12.0 Å². The van der Waals surface area contributed by atoms with E-state index >= 15 is 0 Å². The highest BCUT2D eigenvalue weighted by atomic mass is 16.1. The van der Waals surface area contributed by atoms with E-state index in [0.717, 1.165) is 17.5 Å². The molecule has 0 spiro atoms. The summed E-state index contributed by atoms with van der Waals surface area (Å²) in [6.07, 6.45) is 1.40. The molecule has 98 valence electrons. The predicted molar refractivity (Wildman–Crippen MR) is 79.7 cm³/mol. The van der Waals surface area contributed by atoms with Gasteiger partial charge in [0.1, 0.15) is 0 Å². The number of benzene rings is 2. The van der Waals surface area contributed by atoms with E-state index in [-0.39, 0.29) is 5.78 Å². The fourth-order valence-corrected chi connectivity index (χ4v) is 2.44. The summed E-state index contributed by atoms with van der Waals surface area (Å²) in [5, 5.41) is 0. The van der Waals surface area contributed by atoms with Gasteiger partial charge in [-0.15, -0.1) is 0 Å². The van der Waals surface area contributed by atoms with Crippen LogP contribution in [0.25, 0.3) is 0 Å². The zero-order chi connectivity index (χ0) is 13.8. The van der Waals surface area contributed by atoms with Crippen LogP contribution in [0.4, 0.5) is 0 Å². The molecule has 0 atom stereocenters. The summed E-state index contributed by atoms with van der Waals surface area (Å²) in [5.74, 6) is 0.228. The molecule has 0 saturated heterocycles. The quantitative estimate of drug-likeness (QED) is 0.736. The zero-order valence-corrected chi connectivity index (χ0v) is 11.9. The van der Waals surface area contributed by atoms with E-state index in [1.165, 1.54) is 16.7 Å². The van der Waals surface area contributed by atoms with Gasteiger partial charge in [0.15, 0.2) is 5.78 Å². The first-order valence-electron chi connectivity index (χ1n) is 6.73. The molecule has 0 unspecified atom stereocenters. The monoisotopic (exact) mass is 252 g/mol. The lowest BCUT2D eigenvalue weighted by atomic mass is 9.96. The molecule has 2 aromatic rings. The van der Waals surface area contributed by atoms with Crippen LogP contribution < -0.4 is 0 Å². The molecule has 0 aliphatic carbocycles. The largest absolute Gasteiger partial charge is 0.294 e. The van der Waals surface area contributed by atoms with Crippen molar-refractivity contribution in [2.45, 2.75) is 33.6 Å². The topological polar surface area (TPSA) is 17.1 Å². The van der Waals surface area contributed by atoms with Gasteiger partial charge in [-0.25, -0.2) is 0 Å². The summed E-state index contributed by atoms with van der Waals surface area (Å²) >= 11 is 0. The number of rotatable bonds is 4. The lowest BCUT2D eigenvalue weighted by Crippen LogP contribution is -2.03. The molecule has 0 saturated carbocycles. The number of Topliss-reactive ketones (excluding diaryl/α,β-unsaturated/α-hetero) is 1. The van der Waals surface area contributed by atoms with Gasteiger partial charge in [-0.05, 0) is 49.9 Å². The average molecular weight is 252 g/mol. The average Bonchev–Trinajstić information content (AvgIpc) is 2.38. The molecule has 2 rings (SSSR count). The van der Waals surface area contributed by atoms with Crippen molar-refractivity contribution in [3.8, 4) is 0 Å². The summed E-state index contributed by atoms with van der Waals surface area (Å²) in [4.78, 5) is 12.2. The van der Waals surface area contributed by atoms with E-state index in [1.54, 1.807) is 0 Å². The summed E-state index contributed by atoms with van der Waals surface area (Å²) in [6, 6.07) is 14.1. The van der Waals surface area contributed by atoms with Crippen molar-refractivity contribution in [2.75, 3.05) is 0 Å². The molecular weight excluding hydrogens is 232 g/mol. The van der Waals surface area contributed by atoms with Crippen LogP contribution in [0.3, 0.4) is 0 Å². The van der Waals surface area contributed by atoms with Gasteiger partial charge in [-0.2, -0.15) is 0 Å². The van der Waals surface area contributed by atoms with Crippen LogP contribution in [0.1, 0.15) is 39.0 Å². The molecule has 0 N–H and O–H groups in total. The fourth-order valence-electron chi connectivity index (χ4n) is 2.44. The van der Waals surface area contributed by atoms with Crippen molar-refractivity contribution in [1.82, 2.24) is 0 Å². The van der Waals surface area contributed by atoms with Gasteiger partial charge in [-0.1, -0.05) is 42.0 Å². The van der Waals surface area contributed by atoms with Gasteiger partial charge in [-0.3, -0.25) is 4.79 Å². The molecule has 1 heteroatoms. The zero-order valence-electron chi connectivity index (χ0n) is 11.9. The van der Waals surface area contributed by atoms with Gasteiger partial charge in [0.05, 0.1) is 0 Å². The maximum atomic E-state index is 12.2. The van der Waals surface area contributed by atoms with Gasteiger partial charge in [0.25, 0.3) is 0 Å². The Morgan fingerprint density at radius 3 is 2.21 bits per heavy atom. The second-order valence-electron chi connectivity index (χ2n) is 5.16. The van der Waals surface area contributed by atoms with Crippen molar-refractivity contribution in [3.63, 3.8) is 0 Å². The lowest BCUT2D eigenvalue weighted by Gasteiger charge is -2.09. The minimum atomic E-state index is 0.228. The molecule has 19 heavy (non-hydrogen) atoms. The highest BCUT2D eigenvalue weighted by molar-refractivity contribution is 5.96. The van der Waals surface area contributed by atoms with E-state index in [0.29, 0.717) is 6.42 Å². The Morgan fingerprint density at radius 2 is 1.58 bits per heavy atom. The van der Waals surface area contributed by atoms with Crippen LogP contribution >= 0.6 is 0 Å². The van der Waals surface area contributed by atoms with Crippen molar-refractivity contribution in [3.05, 3.63) is 70.3 Å². The van der Waals surface area contributed by atoms with Crippen LogP contribution in [0.5, 0.6) is 0 Å². The standard InChI is InChI=1S/C18H20O/c1-13-6-4-9-16(12-13)18(19)11-10-17-14(2)7-5-8-15(17)3/h4-9,12H,10-11H2,1-3H3. The van der Waals surface area contributed by atoms with Crippen LogP contribution in [-0.2, 0) is 6.42 Å².